The molecule has 3 unspecified atom stereocenters. The summed E-state index contributed by atoms with van der Waals surface area (Å²) in [6, 6.07) is 21.4. The first-order valence-electron chi connectivity index (χ1n) is 24.1. The minimum absolute atomic E-state index is 0.0482. The summed E-state index contributed by atoms with van der Waals surface area (Å²) in [4.78, 5) is 30.9. The zero-order chi connectivity index (χ0) is 46.7. The Bertz CT molecular complexity index is 2360. The monoisotopic (exact) mass is 917 g/mol. The van der Waals surface area contributed by atoms with Crippen LogP contribution in [0.15, 0.2) is 66.9 Å². The van der Waals surface area contributed by atoms with Crippen molar-refractivity contribution in [1.29, 1.82) is 5.26 Å². The lowest BCUT2D eigenvalue weighted by molar-refractivity contribution is -0.174. The summed E-state index contributed by atoms with van der Waals surface area (Å²) in [7, 11) is 1.81. The fourth-order valence-corrected chi connectivity index (χ4v) is 12.7. The van der Waals surface area contributed by atoms with Gasteiger partial charge >= 0.3 is 0 Å². The van der Waals surface area contributed by atoms with Crippen LogP contribution in [0.5, 0.6) is 17.2 Å². The van der Waals surface area contributed by atoms with Gasteiger partial charge in [-0.15, -0.1) is 0 Å². The maximum absolute atomic E-state index is 13.7. The van der Waals surface area contributed by atoms with Gasteiger partial charge in [0, 0.05) is 73.8 Å². The van der Waals surface area contributed by atoms with Gasteiger partial charge in [0.1, 0.15) is 35.7 Å². The molecule has 2 amide bonds. The van der Waals surface area contributed by atoms with Gasteiger partial charge in [0.25, 0.3) is 0 Å². The average Bonchev–Trinajstić information content (AvgIpc) is 3.78. The Hall–Kier alpha value is -4.48. The number of amides is 2. The molecule has 9 rings (SSSR count). The third-order valence-corrected chi connectivity index (χ3v) is 16.3. The Kier molecular flexibility index (Phi) is 12.9. The minimum atomic E-state index is -1.02. The quantitative estimate of drug-likeness (QED) is 0.125. The molecule has 352 valence electrons. The van der Waals surface area contributed by atoms with Crippen LogP contribution in [-0.4, -0.2) is 91.0 Å². The van der Waals surface area contributed by atoms with Crippen molar-refractivity contribution in [2.75, 3.05) is 39.8 Å². The van der Waals surface area contributed by atoms with E-state index in [9.17, 15) is 20.0 Å². The SMILES string of the molecule is CN1C=C(c2cc(C(C)(C)O)ccc2Oc2ccc(CC3CC(C4CCCN(C5NCC(C(=O)NC6C(C)(C)C(Oc7ccc(C#N)c(Cl)c7)C6(C)C)CN5)C4)C3)cc2)C2CCNC2C1=O. The molecule has 2 aliphatic carbocycles. The first kappa shape index (κ1) is 46.6. The van der Waals surface area contributed by atoms with E-state index in [4.69, 9.17) is 21.1 Å². The Labute approximate surface area is 395 Å². The van der Waals surface area contributed by atoms with Crippen molar-refractivity contribution in [1.82, 2.24) is 31.1 Å². The maximum atomic E-state index is 13.7. The van der Waals surface area contributed by atoms with Crippen molar-refractivity contribution in [3.05, 3.63) is 94.1 Å². The Morgan fingerprint density at radius 2 is 1.68 bits per heavy atom. The number of carbonyl (C=O) groups is 2. The second-order valence-electron chi connectivity index (χ2n) is 21.8. The lowest BCUT2D eigenvalue weighted by atomic mass is 9.49. The Morgan fingerprint density at radius 3 is 2.36 bits per heavy atom. The van der Waals surface area contributed by atoms with Gasteiger partial charge in [-0.2, -0.15) is 5.26 Å². The lowest BCUT2D eigenvalue weighted by Crippen LogP contribution is -2.75. The van der Waals surface area contributed by atoms with Crippen LogP contribution in [0, 0.1) is 51.8 Å². The molecule has 6 aliphatic rings. The number of rotatable bonds is 12. The number of aliphatic hydroxyl groups is 1. The number of likely N-dealkylation sites (tertiary alicyclic amines) is 1. The van der Waals surface area contributed by atoms with Gasteiger partial charge in [-0.25, -0.2) is 0 Å². The molecule has 0 aromatic heterocycles. The van der Waals surface area contributed by atoms with Crippen molar-refractivity contribution in [2.24, 2.45) is 40.4 Å². The standard InChI is InChI=1S/C53H68ClN7O5/c1-51(2)48(52(3,4)49(51)66-39-16-12-33(26-55)43(54)25-39)59-46(62)36-27-57-50(58-28-36)61-20-8-9-34(29-61)35-22-32(23-35)21-31-10-14-38(15-11-31)65-44-17-13-37(53(5,6)64)24-41(44)42-30-60(7)47(63)45-40(42)18-19-56-45/h10-17,24-25,30,32,34-36,40,45,48-50,56-58,64H,8-9,18-23,27-29H2,1-7H3,(H,59,62). The highest BCUT2D eigenvalue weighted by Crippen LogP contribution is 2.56. The largest absolute Gasteiger partial charge is 0.489 e. The smallest absolute Gasteiger partial charge is 0.244 e. The van der Waals surface area contributed by atoms with E-state index >= 15 is 0 Å². The van der Waals surface area contributed by atoms with Crippen molar-refractivity contribution in [2.45, 2.75) is 110 Å². The van der Waals surface area contributed by atoms with E-state index in [1.165, 1.54) is 31.2 Å². The summed E-state index contributed by atoms with van der Waals surface area (Å²) < 4.78 is 13.0. The number of piperidine rings is 1. The van der Waals surface area contributed by atoms with E-state index in [-0.39, 0.29) is 59.0 Å². The number of ether oxygens (including phenoxy) is 2. The number of carbonyl (C=O) groups excluding carboxylic acids is 2. The molecule has 66 heavy (non-hydrogen) atoms. The van der Waals surface area contributed by atoms with Crippen LogP contribution < -0.4 is 30.7 Å². The predicted molar refractivity (Wildman–Crippen MR) is 256 cm³/mol. The Balaban J connectivity index is 0.738. The second kappa shape index (κ2) is 18.2. The number of nitrogens with one attached hydrogen (secondary N) is 4. The molecule has 0 radical (unpaired) electrons. The summed E-state index contributed by atoms with van der Waals surface area (Å²) in [5.41, 5.74) is 2.86. The molecular formula is C53H68ClN7O5. The van der Waals surface area contributed by atoms with E-state index in [1.54, 1.807) is 44.0 Å². The zero-order valence-corrected chi connectivity index (χ0v) is 40.4. The van der Waals surface area contributed by atoms with Crippen LogP contribution in [0.3, 0.4) is 0 Å². The summed E-state index contributed by atoms with van der Waals surface area (Å²) in [5.74, 6) is 4.22. The van der Waals surface area contributed by atoms with E-state index in [0.717, 1.165) is 66.6 Å². The van der Waals surface area contributed by atoms with Gasteiger partial charge in [0.2, 0.25) is 11.8 Å². The van der Waals surface area contributed by atoms with Crippen LogP contribution >= 0.6 is 11.6 Å². The number of hydrogen-bond donors (Lipinski definition) is 5. The number of likely N-dealkylation sites (N-methyl/N-ethyl adjacent to an activating group) is 1. The van der Waals surface area contributed by atoms with Crippen molar-refractivity contribution < 1.29 is 24.2 Å². The highest BCUT2D eigenvalue weighted by atomic mass is 35.5. The number of halogens is 1. The Morgan fingerprint density at radius 1 is 0.970 bits per heavy atom. The zero-order valence-electron chi connectivity index (χ0n) is 39.6. The van der Waals surface area contributed by atoms with Gasteiger partial charge in [-0.3, -0.25) is 25.1 Å². The number of hydrogen-bond acceptors (Lipinski definition) is 10. The molecule has 3 atom stereocenters. The van der Waals surface area contributed by atoms with Crippen LogP contribution in [0.25, 0.3) is 5.57 Å². The first-order valence-corrected chi connectivity index (χ1v) is 24.5. The highest BCUT2D eigenvalue weighted by molar-refractivity contribution is 6.31. The molecule has 0 spiro atoms. The van der Waals surface area contributed by atoms with Gasteiger partial charge < -0.3 is 30.1 Å². The number of benzene rings is 3. The van der Waals surface area contributed by atoms with E-state index in [2.05, 4.69) is 84.2 Å². The van der Waals surface area contributed by atoms with E-state index in [1.807, 2.05) is 24.4 Å². The molecule has 3 saturated heterocycles. The second-order valence-corrected chi connectivity index (χ2v) is 22.2. The predicted octanol–water partition coefficient (Wildman–Crippen LogP) is 7.39. The van der Waals surface area contributed by atoms with Crippen LogP contribution in [-0.2, 0) is 21.6 Å². The van der Waals surface area contributed by atoms with Crippen LogP contribution in [0.4, 0.5) is 0 Å². The molecular weight excluding hydrogens is 850 g/mol. The number of nitrogens with zero attached hydrogens (tertiary/aromatic N) is 3. The molecule has 0 bridgehead atoms. The minimum Gasteiger partial charge on any atom is -0.489 e. The average molecular weight is 919 g/mol. The van der Waals surface area contributed by atoms with Gasteiger partial charge in [0.15, 0.2) is 0 Å². The molecule has 3 aromatic carbocycles. The van der Waals surface area contributed by atoms with Crippen molar-refractivity contribution in [3.8, 4) is 23.3 Å². The number of fused-ring (bicyclic) bond motifs is 1. The fraction of sp³-hybridized carbons (Fsp3) is 0.566. The third kappa shape index (κ3) is 9.12. The van der Waals surface area contributed by atoms with Crippen molar-refractivity contribution in [3.63, 3.8) is 0 Å². The van der Waals surface area contributed by atoms with Crippen LogP contribution in [0.1, 0.15) is 95.9 Å². The van der Waals surface area contributed by atoms with Gasteiger partial charge in [-0.05, 0) is 130 Å². The number of nitriles is 1. The van der Waals surface area contributed by atoms with Crippen molar-refractivity contribution >= 4 is 29.0 Å². The molecule has 2 saturated carbocycles. The van der Waals surface area contributed by atoms with E-state index < -0.39 is 5.60 Å². The van der Waals surface area contributed by atoms with E-state index in [0.29, 0.717) is 41.3 Å². The summed E-state index contributed by atoms with van der Waals surface area (Å²) in [6.45, 7) is 16.3. The fourth-order valence-electron chi connectivity index (χ4n) is 12.5. The first-order chi connectivity index (χ1) is 31.4. The van der Waals surface area contributed by atoms with Gasteiger partial charge in [-0.1, -0.05) is 57.5 Å². The molecule has 4 aliphatic heterocycles. The summed E-state index contributed by atoms with van der Waals surface area (Å²) in [5, 5.41) is 34.7. The molecule has 5 N–H and O–H groups in total. The lowest BCUT2D eigenvalue weighted by Gasteiger charge is -2.63. The van der Waals surface area contributed by atoms with Crippen LogP contribution in [0.2, 0.25) is 5.02 Å². The summed E-state index contributed by atoms with van der Waals surface area (Å²) >= 11 is 6.29. The molecule has 3 aromatic rings. The topological polar surface area (TPSA) is 151 Å². The highest BCUT2D eigenvalue weighted by Gasteiger charge is 2.64. The molecule has 4 heterocycles. The maximum Gasteiger partial charge on any atom is 0.244 e. The summed E-state index contributed by atoms with van der Waals surface area (Å²) in [6.07, 6.45) is 8.76. The molecule has 5 fully saturated rings. The molecule has 13 heteroatoms. The normalized spacial score (nSPS) is 30.5. The third-order valence-electron chi connectivity index (χ3n) is 16.0. The molecule has 12 nitrogen and oxygen atoms in total. The van der Waals surface area contributed by atoms with Gasteiger partial charge in [0.05, 0.1) is 28.1 Å².